The maximum atomic E-state index is 10.9. The summed E-state index contributed by atoms with van der Waals surface area (Å²) in [6, 6.07) is 4.01. The van der Waals surface area contributed by atoms with Crippen LogP contribution >= 0.6 is 11.8 Å². The number of rotatable bonds is 6. The number of aromatic carboxylic acids is 1. The van der Waals surface area contributed by atoms with Crippen LogP contribution in [0.25, 0.3) is 0 Å². The molecule has 1 rings (SSSR count). The third kappa shape index (κ3) is 4.03. The van der Waals surface area contributed by atoms with Gasteiger partial charge in [-0.1, -0.05) is 13.8 Å². The van der Waals surface area contributed by atoms with E-state index in [4.69, 9.17) is 5.11 Å². The van der Waals surface area contributed by atoms with Gasteiger partial charge in [0.2, 0.25) is 0 Å². The molecule has 0 aliphatic carbocycles. The molecule has 0 fully saturated rings. The number of hydrogen-bond acceptors (Lipinski definition) is 4. The monoisotopic (exact) mass is 269 g/mol. The second-order valence-electron chi connectivity index (χ2n) is 4.28. The van der Waals surface area contributed by atoms with Crippen LogP contribution in [0.2, 0.25) is 0 Å². The van der Waals surface area contributed by atoms with Gasteiger partial charge >= 0.3 is 5.97 Å². The summed E-state index contributed by atoms with van der Waals surface area (Å²) in [5, 5.41) is 19.7. The van der Waals surface area contributed by atoms with Gasteiger partial charge in [0.15, 0.2) is 0 Å². The van der Waals surface area contributed by atoms with Crippen molar-refractivity contribution in [3.05, 3.63) is 33.9 Å². The van der Waals surface area contributed by atoms with Gasteiger partial charge in [0.25, 0.3) is 5.69 Å². The summed E-state index contributed by atoms with van der Waals surface area (Å²) < 4.78 is 0. The smallest absolute Gasteiger partial charge is 0.335 e. The fourth-order valence-electron chi connectivity index (χ4n) is 1.32. The fourth-order valence-corrected chi connectivity index (χ4v) is 2.57. The van der Waals surface area contributed by atoms with Crippen LogP contribution in [-0.2, 0) is 0 Å². The van der Waals surface area contributed by atoms with Crippen LogP contribution < -0.4 is 0 Å². The Balaban J connectivity index is 2.90. The molecule has 1 aromatic carbocycles. The van der Waals surface area contributed by atoms with Crippen molar-refractivity contribution in [1.29, 1.82) is 0 Å². The molecule has 0 aliphatic rings. The van der Waals surface area contributed by atoms with E-state index in [0.717, 1.165) is 18.2 Å². The SMILES string of the molecule is CC(C)CCSc1ccc(C(=O)O)cc1[N+](=O)[O-]. The van der Waals surface area contributed by atoms with Crippen molar-refractivity contribution in [3.8, 4) is 0 Å². The van der Waals surface area contributed by atoms with E-state index < -0.39 is 10.9 Å². The minimum atomic E-state index is -1.16. The second-order valence-corrected chi connectivity index (χ2v) is 5.41. The van der Waals surface area contributed by atoms with E-state index >= 15 is 0 Å². The largest absolute Gasteiger partial charge is 0.478 e. The summed E-state index contributed by atoms with van der Waals surface area (Å²) in [6.07, 6.45) is 0.961. The van der Waals surface area contributed by atoms with Crippen LogP contribution in [0.5, 0.6) is 0 Å². The highest BCUT2D eigenvalue weighted by molar-refractivity contribution is 7.99. The number of hydrogen-bond donors (Lipinski definition) is 1. The molecule has 0 atom stereocenters. The molecule has 5 nitrogen and oxygen atoms in total. The fraction of sp³-hybridized carbons (Fsp3) is 0.417. The van der Waals surface area contributed by atoms with Crippen molar-refractivity contribution in [2.75, 3.05) is 5.75 Å². The van der Waals surface area contributed by atoms with Gasteiger partial charge in [0, 0.05) is 6.07 Å². The first-order valence-corrected chi connectivity index (χ1v) is 6.55. The standard InChI is InChI=1S/C12H15NO4S/c1-8(2)5-6-18-11-4-3-9(12(14)15)7-10(11)13(16)17/h3-4,7-8H,5-6H2,1-2H3,(H,14,15). The van der Waals surface area contributed by atoms with Crippen LogP contribution in [0, 0.1) is 16.0 Å². The lowest BCUT2D eigenvalue weighted by molar-refractivity contribution is -0.387. The summed E-state index contributed by atoms with van der Waals surface area (Å²) in [5.41, 5.74) is -0.196. The van der Waals surface area contributed by atoms with Crippen LogP contribution in [0.15, 0.2) is 23.1 Å². The molecule has 18 heavy (non-hydrogen) atoms. The molecule has 0 amide bonds. The first-order valence-electron chi connectivity index (χ1n) is 5.56. The predicted molar refractivity (Wildman–Crippen MR) is 70.2 cm³/mol. The highest BCUT2D eigenvalue weighted by atomic mass is 32.2. The van der Waals surface area contributed by atoms with Gasteiger partial charge in [-0.25, -0.2) is 4.79 Å². The Kier molecular flexibility index (Phi) is 5.15. The highest BCUT2D eigenvalue weighted by Crippen LogP contribution is 2.31. The van der Waals surface area contributed by atoms with Crippen LogP contribution in [-0.4, -0.2) is 21.8 Å². The number of carboxylic acid groups (broad SMARTS) is 1. The van der Waals surface area contributed by atoms with Gasteiger partial charge in [-0.3, -0.25) is 10.1 Å². The third-order valence-corrected chi connectivity index (χ3v) is 3.45. The molecule has 0 radical (unpaired) electrons. The number of carboxylic acids is 1. The predicted octanol–water partition coefficient (Wildman–Crippen LogP) is 3.43. The molecule has 0 aliphatic heterocycles. The lowest BCUT2D eigenvalue weighted by Gasteiger charge is -2.05. The summed E-state index contributed by atoms with van der Waals surface area (Å²) in [6.45, 7) is 4.17. The van der Waals surface area contributed by atoms with Crippen LogP contribution in [0.3, 0.4) is 0 Å². The number of thioether (sulfide) groups is 1. The molecule has 6 heteroatoms. The van der Waals surface area contributed by atoms with E-state index in [-0.39, 0.29) is 11.3 Å². The molecule has 1 aromatic rings. The maximum absolute atomic E-state index is 10.9. The molecule has 98 valence electrons. The Morgan fingerprint density at radius 1 is 1.50 bits per heavy atom. The molecule has 1 N–H and O–H groups in total. The zero-order valence-corrected chi connectivity index (χ0v) is 11.1. The minimum Gasteiger partial charge on any atom is -0.478 e. The lowest BCUT2D eigenvalue weighted by Crippen LogP contribution is -1.99. The quantitative estimate of drug-likeness (QED) is 0.486. The van der Waals surface area contributed by atoms with Gasteiger partial charge in [-0.15, -0.1) is 11.8 Å². The van der Waals surface area contributed by atoms with E-state index in [1.807, 2.05) is 0 Å². The van der Waals surface area contributed by atoms with Crippen molar-refractivity contribution in [3.63, 3.8) is 0 Å². The maximum Gasteiger partial charge on any atom is 0.335 e. The van der Waals surface area contributed by atoms with E-state index in [0.29, 0.717) is 10.8 Å². The zero-order chi connectivity index (χ0) is 13.7. The molecule has 0 saturated carbocycles. The Morgan fingerprint density at radius 2 is 2.17 bits per heavy atom. The molecule has 0 unspecified atom stereocenters. The normalized spacial score (nSPS) is 10.6. The first kappa shape index (κ1) is 14.5. The number of benzene rings is 1. The summed E-state index contributed by atoms with van der Waals surface area (Å²) in [5.74, 6) is 0.164. The Hall–Kier alpha value is -1.56. The van der Waals surface area contributed by atoms with Crippen molar-refractivity contribution >= 4 is 23.4 Å². The van der Waals surface area contributed by atoms with Gasteiger partial charge < -0.3 is 5.11 Å². The molecule has 0 heterocycles. The number of nitro groups is 1. The average molecular weight is 269 g/mol. The topological polar surface area (TPSA) is 80.4 Å². The molecular formula is C12H15NO4S. The molecule has 0 aromatic heterocycles. The van der Waals surface area contributed by atoms with Gasteiger partial charge in [-0.2, -0.15) is 0 Å². The lowest BCUT2D eigenvalue weighted by atomic mass is 10.2. The number of carbonyl (C=O) groups is 1. The van der Waals surface area contributed by atoms with E-state index in [2.05, 4.69) is 13.8 Å². The zero-order valence-electron chi connectivity index (χ0n) is 10.3. The van der Waals surface area contributed by atoms with Gasteiger partial charge in [0.05, 0.1) is 15.4 Å². The van der Waals surface area contributed by atoms with E-state index in [1.54, 1.807) is 0 Å². The minimum absolute atomic E-state index is 0.0603. The van der Waals surface area contributed by atoms with E-state index in [9.17, 15) is 14.9 Å². The Bertz CT molecular complexity index is 459. The molecule has 0 bridgehead atoms. The van der Waals surface area contributed by atoms with Crippen LogP contribution in [0.4, 0.5) is 5.69 Å². The van der Waals surface area contributed by atoms with Crippen molar-refractivity contribution < 1.29 is 14.8 Å². The summed E-state index contributed by atoms with van der Waals surface area (Å²) >= 11 is 1.39. The molecular weight excluding hydrogens is 254 g/mol. The number of nitro benzene ring substituents is 1. The third-order valence-electron chi connectivity index (χ3n) is 2.36. The Morgan fingerprint density at radius 3 is 2.67 bits per heavy atom. The van der Waals surface area contributed by atoms with Crippen molar-refractivity contribution in [2.24, 2.45) is 5.92 Å². The van der Waals surface area contributed by atoms with Gasteiger partial charge in [-0.05, 0) is 30.2 Å². The van der Waals surface area contributed by atoms with Gasteiger partial charge in [0.1, 0.15) is 0 Å². The highest BCUT2D eigenvalue weighted by Gasteiger charge is 2.17. The second kappa shape index (κ2) is 6.39. The average Bonchev–Trinajstić information content (AvgIpc) is 2.28. The van der Waals surface area contributed by atoms with Crippen molar-refractivity contribution in [1.82, 2.24) is 0 Å². The number of nitrogens with zero attached hydrogens (tertiary/aromatic N) is 1. The van der Waals surface area contributed by atoms with E-state index in [1.165, 1.54) is 23.9 Å². The Labute approximate surface area is 109 Å². The summed E-state index contributed by atoms with van der Waals surface area (Å²) in [7, 11) is 0. The molecule has 0 saturated heterocycles. The first-order chi connectivity index (χ1) is 8.41. The molecule has 0 spiro atoms. The summed E-state index contributed by atoms with van der Waals surface area (Å²) in [4.78, 5) is 21.6. The van der Waals surface area contributed by atoms with Crippen molar-refractivity contribution in [2.45, 2.75) is 25.2 Å². The van der Waals surface area contributed by atoms with Crippen LogP contribution in [0.1, 0.15) is 30.6 Å².